The van der Waals surface area contributed by atoms with Gasteiger partial charge in [0.25, 0.3) is 5.91 Å². The van der Waals surface area contributed by atoms with E-state index in [2.05, 4.69) is 0 Å². The van der Waals surface area contributed by atoms with Gasteiger partial charge in [-0.15, -0.1) is 12.4 Å². The Labute approximate surface area is 147 Å². The monoisotopic (exact) mass is 354 g/mol. The molecule has 2 heterocycles. The summed E-state index contributed by atoms with van der Waals surface area (Å²) in [5, 5.41) is 0.605. The molecule has 1 fully saturated rings. The van der Waals surface area contributed by atoms with Crippen LogP contribution < -0.4 is 5.73 Å². The van der Waals surface area contributed by atoms with Crippen molar-refractivity contribution in [3.63, 3.8) is 0 Å². The third-order valence-corrected chi connectivity index (χ3v) is 4.54. The Bertz CT molecular complexity index is 687. The number of carbonyl (C=O) groups excluding carboxylic acids is 1. The maximum Gasteiger partial charge on any atom is 0.289 e. The molecule has 124 valence electrons. The van der Waals surface area contributed by atoms with E-state index in [0.29, 0.717) is 35.6 Å². The Morgan fingerprint density at radius 1 is 1.35 bits per heavy atom. The lowest BCUT2D eigenvalue weighted by Gasteiger charge is -2.20. The molecule has 0 spiro atoms. The normalized spacial score (nSPS) is 20.4. The average molecular weight is 355 g/mol. The van der Waals surface area contributed by atoms with Crippen LogP contribution in [0.2, 0.25) is 5.02 Å². The highest BCUT2D eigenvalue weighted by Gasteiger charge is 2.33. The molecule has 1 aliphatic heterocycles. The molecule has 4 nitrogen and oxygen atoms in total. The van der Waals surface area contributed by atoms with Crippen LogP contribution in [-0.2, 0) is 0 Å². The molecule has 2 unspecified atom stereocenters. The number of nitrogens with zero attached hydrogens (tertiary/aromatic N) is 1. The molecule has 23 heavy (non-hydrogen) atoms. The number of carbonyl (C=O) groups is 1. The molecule has 1 aliphatic rings. The highest BCUT2D eigenvalue weighted by atomic mass is 35.5. The van der Waals surface area contributed by atoms with Crippen molar-refractivity contribution >= 4 is 29.9 Å². The average Bonchev–Trinajstić information content (AvgIpc) is 3.14. The largest absolute Gasteiger partial charge is 0.451 e. The molecule has 6 heteroatoms. The Balaban J connectivity index is 0.00000192. The van der Waals surface area contributed by atoms with Gasteiger partial charge in [0.05, 0.1) is 5.02 Å². The smallest absolute Gasteiger partial charge is 0.289 e. The molecule has 0 bridgehead atoms. The van der Waals surface area contributed by atoms with Gasteiger partial charge < -0.3 is 15.1 Å². The second kappa shape index (κ2) is 7.39. The zero-order chi connectivity index (χ0) is 15.7. The van der Waals surface area contributed by atoms with E-state index in [0.717, 1.165) is 12.0 Å². The van der Waals surface area contributed by atoms with Crippen LogP contribution in [0.25, 0.3) is 11.3 Å². The molecule has 1 aromatic heterocycles. The molecule has 3 rings (SSSR count). The van der Waals surface area contributed by atoms with Crippen LogP contribution in [0, 0.1) is 5.92 Å². The Kier molecular flexibility index (Phi) is 5.74. The highest BCUT2D eigenvalue weighted by molar-refractivity contribution is 6.33. The molecular formula is C17H20Cl2N2O2. The van der Waals surface area contributed by atoms with E-state index < -0.39 is 0 Å². The number of hydrogen-bond donors (Lipinski definition) is 1. The number of nitrogens with two attached hydrogens (primary N) is 1. The summed E-state index contributed by atoms with van der Waals surface area (Å²) < 4.78 is 5.74. The molecule has 0 aliphatic carbocycles. The fourth-order valence-corrected chi connectivity index (χ4v) is 3.23. The molecule has 2 N–H and O–H groups in total. The maximum atomic E-state index is 12.6. The van der Waals surface area contributed by atoms with Crippen molar-refractivity contribution in [1.29, 1.82) is 0 Å². The maximum absolute atomic E-state index is 12.6. The first-order chi connectivity index (χ1) is 10.6. The van der Waals surface area contributed by atoms with Crippen LogP contribution in [0.5, 0.6) is 0 Å². The summed E-state index contributed by atoms with van der Waals surface area (Å²) in [6.45, 7) is 3.35. The third-order valence-electron chi connectivity index (χ3n) is 4.21. The fourth-order valence-electron chi connectivity index (χ4n) is 3.00. The zero-order valence-corrected chi connectivity index (χ0v) is 14.4. The van der Waals surface area contributed by atoms with Gasteiger partial charge in [0.2, 0.25) is 0 Å². The Hall–Kier alpha value is -1.49. The topological polar surface area (TPSA) is 59.5 Å². The van der Waals surface area contributed by atoms with E-state index in [9.17, 15) is 4.79 Å². The third kappa shape index (κ3) is 3.55. The minimum atomic E-state index is -0.0817. The molecule has 0 radical (unpaired) electrons. The quantitative estimate of drug-likeness (QED) is 0.910. The summed E-state index contributed by atoms with van der Waals surface area (Å²) in [6, 6.07) is 11.1. The molecule has 1 amide bonds. The van der Waals surface area contributed by atoms with Gasteiger partial charge in [-0.25, -0.2) is 0 Å². The lowest BCUT2D eigenvalue weighted by atomic mass is 10.1. The van der Waals surface area contributed by atoms with Crippen molar-refractivity contribution in [2.24, 2.45) is 11.7 Å². The molecular weight excluding hydrogens is 335 g/mol. The minimum Gasteiger partial charge on any atom is -0.451 e. The van der Waals surface area contributed by atoms with Crippen LogP contribution in [0.15, 0.2) is 40.8 Å². The van der Waals surface area contributed by atoms with Gasteiger partial charge in [-0.1, -0.05) is 23.7 Å². The first-order valence-electron chi connectivity index (χ1n) is 7.46. The fraction of sp³-hybridized carbons (Fsp3) is 0.353. The van der Waals surface area contributed by atoms with Crippen molar-refractivity contribution in [2.75, 3.05) is 13.1 Å². The molecule has 0 saturated carbocycles. The first-order valence-corrected chi connectivity index (χ1v) is 7.83. The van der Waals surface area contributed by atoms with E-state index in [4.69, 9.17) is 21.8 Å². The van der Waals surface area contributed by atoms with Crippen molar-refractivity contribution in [3.05, 3.63) is 47.2 Å². The number of amides is 1. The van der Waals surface area contributed by atoms with Gasteiger partial charge in [-0.2, -0.15) is 0 Å². The van der Waals surface area contributed by atoms with Crippen LogP contribution in [0.4, 0.5) is 0 Å². The summed E-state index contributed by atoms with van der Waals surface area (Å²) in [6.07, 6.45) is 0.945. The van der Waals surface area contributed by atoms with Crippen molar-refractivity contribution in [1.82, 2.24) is 4.90 Å². The first kappa shape index (κ1) is 17.9. The standard InChI is InChI=1S/C17H19ClN2O2.ClH/c1-11-8-12(9-19)10-20(11)17(21)16-7-6-15(22-16)13-4-2-3-5-14(13)18;/h2-7,11-12H,8-10,19H2,1H3;1H. The SMILES string of the molecule is CC1CC(CN)CN1C(=O)c1ccc(-c2ccccc2Cl)o1.Cl. The van der Waals surface area contributed by atoms with E-state index in [1.165, 1.54) is 0 Å². The number of hydrogen-bond acceptors (Lipinski definition) is 3. The van der Waals surface area contributed by atoms with Gasteiger partial charge in [0.1, 0.15) is 5.76 Å². The van der Waals surface area contributed by atoms with Crippen LogP contribution in [-0.4, -0.2) is 29.9 Å². The van der Waals surface area contributed by atoms with E-state index in [1.807, 2.05) is 30.0 Å². The summed E-state index contributed by atoms with van der Waals surface area (Å²) in [4.78, 5) is 14.4. The highest BCUT2D eigenvalue weighted by Crippen LogP contribution is 2.30. The van der Waals surface area contributed by atoms with Gasteiger partial charge in [-0.05, 0) is 50.1 Å². The predicted molar refractivity (Wildman–Crippen MR) is 94.1 cm³/mol. The van der Waals surface area contributed by atoms with Crippen molar-refractivity contribution in [3.8, 4) is 11.3 Å². The second-order valence-electron chi connectivity index (χ2n) is 5.79. The summed E-state index contributed by atoms with van der Waals surface area (Å²) in [5.41, 5.74) is 6.51. The summed E-state index contributed by atoms with van der Waals surface area (Å²) in [7, 11) is 0. The Morgan fingerprint density at radius 3 is 2.74 bits per heavy atom. The van der Waals surface area contributed by atoms with E-state index >= 15 is 0 Å². The minimum absolute atomic E-state index is 0. The molecule has 2 atom stereocenters. The summed E-state index contributed by atoms with van der Waals surface area (Å²) in [5.74, 6) is 1.24. The molecule has 2 aromatic rings. The van der Waals surface area contributed by atoms with Crippen LogP contribution >= 0.6 is 24.0 Å². The van der Waals surface area contributed by atoms with Gasteiger partial charge in [-0.3, -0.25) is 4.79 Å². The van der Waals surface area contributed by atoms with E-state index in [1.54, 1.807) is 18.2 Å². The molecule has 1 saturated heterocycles. The number of likely N-dealkylation sites (tertiary alicyclic amines) is 1. The zero-order valence-electron chi connectivity index (χ0n) is 12.9. The van der Waals surface area contributed by atoms with Crippen molar-refractivity contribution < 1.29 is 9.21 Å². The second-order valence-corrected chi connectivity index (χ2v) is 6.19. The van der Waals surface area contributed by atoms with Crippen LogP contribution in [0.3, 0.4) is 0 Å². The van der Waals surface area contributed by atoms with E-state index in [-0.39, 0.29) is 24.4 Å². The Morgan fingerprint density at radius 2 is 2.09 bits per heavy atom. The predicted octanol–water partition coefficient (Wildman–Crippen LogP) is 3.83. The number of benzene rings is 1. The number of furan rings is 1. The van der Waals surface area contributed by atoms with Crippen molar-refractivity contribution in [2.45, 2.75) is 19.4 Å². The lowest BCUT2D eigenvalue weighted by molar-refractivity contribution is 0.0712. The number of rotatable bonds is 3. The lowest BCUT2D eigenvalue weighted by Crippen LogP contribution is -2.34. The van der Waals surface area contributed by atoms with Gasteiger partial charge in [0.15, 0.2) is 5.76 Å². The number of halogens is 2. The van der Waals surface area contributed by atoms with Gasteiger partial charge in [0, 0.05) is 18.2 Å². The van der Waals surface area contributed by atoms with Crippen LogP contribution in [0.1, 0.15) is 23.9 Å². The molecule has 1 aromatic carbocycles. The van der Waals surface area contributed by atoms with Gasteiger partial charge >= 0.3 is 0 Å². The summed E-state index contributed by atoms with van der Waals surface area (Å²) >= 11 is 6.17.